The second-order valence-electron chi connectivity index (χ2n) is 6.64. The number of aromatic nitrogens is 4. The number of tetrazole rings is 1. The summed E-state index contributed by atoms with van der Waals surface area (Å²) in [5, 5.41) is 20.0. The van der Waals surface area contributed by atoms with Gasteiger partial charge in [0.2, 0.25) is 11.8 Å². The van der Waals surface area contributed by atoms with E-state index in [1.807, 2.05) is 4.90 Å². The Kier molecular flexibility index (Phi) is 5.08. The maximum Gasteiger partial charge on any atom is 0.230 e. The maximum atomic E-state index is 12.7. The number of β-amino-alcohol motifs (C(OH)–C–C–N with tert-alkyl or cyclic N) is 1. The van der Waals surface area contributed by atoms with Crippen LogP contribution in [0.4, 0.5) is 0 Å². The second kappa shape index (κ2) is 7.25. The highest BCUT2D eigenvalue weighted by molar-refractivity contribution is 5.86. The molecule has 0 aliphatic carbocycles. The fraction of sp³-hybridized carbons (Fsp3) is 0.800. The summed E-state index contributed by atoms with van der Waals surface area (Å²) in [6, 6.07) is 0. The normalized spacial score (nSPS) is 24.1. The molecule has 1 atom stereocenters. The summed E-state index contributed by atoms with van der Waals surface area (Å²) >= 11 is 0. The van der Waals surface area contributed by atoms with Gasteiger partial charge in [-0.2, -0.15) is 0 Å². The number of piperidine rings is 1. The molecular weight excluding hydrogens is 312 g/mol. The van der Waals surface area contributed by atoms with Crippen LogP contribution in [-0.4, -0.2) is 79.7 Å². The van der Waals surface area contributed by atoms with Crippen LogP contribution in [0.25, 0.3) is 0 Å². The molecule has 0 saturated carbocycles. The van der Waals surface area contributed by atoms with Crippen molar-refractivity contribution in [3.05, 3.63) is 6.33 Å². The third-order valence-corrected chi connectivity index (χ3v) is 5.07. The van der Waals surface area contributed by atoms with Gasteiger partial charge in [-0.15, -0.1) is 5.10 Å². The monoisotopic (exact) mass is 336 g/mol. The Morgan fingerprint density at radius 2 is 2.17 bits per heavy atom. The molecule has 132 valence electrons. The van der Waals surface area contributed by atoms with Crippen LogP contribution in [0.3, 0.4) is 0 Å². The van der Waals surface area contributed by atoms with E-state index in [4.69, 9.17) is 5.11 Å². The van der Waals surface area contributed by atoms with Crippen molar-refractivity contribution in [3.8, 4) is 0 Å². The molecule has 2 amide bonds. The van der Waals surface area contributed by atoms with Crippen LogP contribution >= 0.6 is 0 Å². The van der Waals surface area contributed by atoms with Gasteiger partial charge in [0.05, 0.1) is 12.0 Å². The van der Waals surface area contributed by atoms with Gasteiger partial charge in [-0.3, -0.25) is 9.59 Å². The summed E-state index contributed by atoms with van der Waals surface area (Å²) in [6.07, 6.45) is 5.15. The van der Waals surface area contributed by atoms with Gasteiger partial charge in [-0.05, 0) is 36.1 Å². The van der Waals surface area contributed by atoms with Crippen LogP contribution in [0.5, 0.6) is 0 Å². The van der Waals surface area contributed by atoms with Gasteiger partial charge in [0.25, 0.3) is 0 Å². The fourth-order valence-corrected chi connectivity index (χ4v) is 3.78. The highest BCUT2D eigenvalue weighted by Gasteiger charge is 2.49. The minimum atomic E-state index is -0.432. The molecular formula is C15H24N6O3. The molecule has 3 heterocycles. The molecule has 0 bridgehead atoms. The Morgan fingerprint density at radius 3 is 2.92 bits per heavy atom. The van der Waals surface area contributed by atoms with Crippen molar-refractivity contribution >= 4 is 11.8 Å². The minimum Gasteiger partial charge on any atom is -0.395 e. The van der Waals surface area contributed by atoms with E-state index < -0.39 is 5.41 Å². The summed E-state index contributed by atoms with van der Waals surface area (Å²) in [5.41, 5.74) is -0.432. The van der Waals surface area contributed by atoms with E-state index in [1.54, 1.807) is 9.58 Å². The quantitative estimate of drug-likeness (QED) is 0.736. The predicted molar refractivity (Wildman–Crippen MR) is 83.6 cm³/mol. The zero-order valence-electron chi connectivity index (χ0n) is 13.8. The molecule has 1 spiro atoms. The number of aliphatic hydroxyl groups is 1. The van der Waals surface area contributed by atoms with E-state index in [-0.39, 0.29) is 18.4 Å². The van der Waals surface area contributed by atoms with Crippen LogP contribution in [0.1, 0.15) is 32.1 Å². The standard InChI is InChI=1S/C15H24N6O3/c22-10-9-19-6-2-4-15(14(19)24)5-8-20(11-15)13(23)3-1-7-21-12-16-17-18-21/h12,22H,1-11H2/t15-/m0/s1. The third kappa shape index (κ3) is 3.40. The predicted octanol–water partition coefficient (Wildman–Crippen LogP) is -0.713. The van der Waals surface area contributed by atoms with E-state index in [1.165, 1.54) is 6.33 Å². The van der Waals surface area contributed by atoms with E-state index in [0.29, 0.717) is 45.6 Å². The number of hydrogen-bond donors (Lipinski definition) is 1. The molecule has 1 aromatic heterocycles. The molecule has 0 radical (unpaired) electrons. The molecule has 0 unspecified atom stereocenters. The van der Waals surface area contributed by atoms with Gasteiger partial charge < -0.3 is 14.9 Å². The lowest BCUT2D eigenvalue weighted by Crippen LogP contribution is -2.51. The number of hydrogen-bond acceptors (Lipinski definition) is 6. The lowest BCUT2D eigenvalue weighted by atomic mass is 9.78. The van der Waals surface area contributed by atoms with Crippen molar-refractivity contribution in [1.82, 2.24) is 30.0 Å². The van der Waals surface area contributed by atoms with Gasteiger partial charge in [-0.25, -0.2) is 4.68 Å². The Hall–Kier alpha value is -2.03. The fourth-order valence-electron chi connectivity index (χ4n) is 3.78. The zero-order chi connectivity index (χ0) is 17.0. The lowest BCUT2D eigenvalue weighted by Gasteiger charge is -2.39. The highest BCUT2D eigenvalue weighted by Crippen LogP contribution is 2.40. The largest absolute Gasteiger partial charge is 0.395 e. The van der Waals surface area contributed by atoms with Crippen LogP contribution in [0.2, 0.25) is 0 Å². The number of amides is 2. The smallest absolute Gasteiger partial charge is 0.230 e. The number of nitrogens with zero attached hydrogens (tertiary/aromatic N) is 6. The van der Waals surface area contributed by atoms with Gasteiger partial charge in [0, 0.05) is 39.1 Å². The maximum absolute atomic E-state index is 12.7. The number of aryl methyl sites for hydroxylation is 1. The molecule has 24 heavy (non-hydrogen) atoms. The van der Waals surface area contributed by atoms with Crippen LogP contribution in [-0.2, 0) is 16.1 Å². The SMILES string of the molecule is O=C(CCCn1cnnn1)N1CC[C@@]2(CCCN(CCO)C2=O)C1. The number of carbonyl (C=O) groups excluding carboxylic acids is 2. The molecule has 3 rings (SSSR count). The van der Waals surface area contributed by atoms with Gasteiger partial charge in [-0.1, -0.05) is 0 Å². The van der Waals surface area contributed by atoms with Crippen molar-refractivity contribution in [2.75, 3.05) is 32.8 Å². The van der Waals surface area contributed by atoms with Crippen molar-refractivity contribution in [3.63, 3.8) is 0 Å². The van der Waals surface area contributed by atoms with Crippen molar-refractivity contribution in [1.29, 1.82) is 0 Å². The number of rotatable bonds is 6. The van der Waals surface area contributed by atoms with Crippen LogP contribution in [0, 0.1) is 5.41 Å². The van der Waals surface area contributed by atoms with E-state index in [9.17, 15) is 9.59 Å². The van der Waals surface area contributed by atoms with Gasteiger partial charge in [0.15, 0.2) is 0 Å². The Bertz CT molecular complexity index is 576. The molecule has 2 aliphatic heterocycles. The molecule has 2 fully saturated rings. The first-order chi connectivity index (χ1) is 11.6. The number of aliphatic hydroxyl groups excluding tert-OH is 1. The second-order valence-corrected chi connectivity index (χ2v) is 6.64. The van der Waals surface area contributed by atoms with Gasteiger partial charge in [0.1, 0.15) is 6.33 Å². The van der Waals surface area contributed by atoms with Gasteiger partial charge >= 0.3 is 0 Å². The molecule has 0 aromatic carbocycles. The van der Waals surface area contributed by atoms with E-state index >= 15 is 0 Å². The van der Waals surface area contributed by atoms with Crippen LogP contribution < -0.4 is 0 Å². The Morgan fingerprint density at radius 1 is 1.29 bits per heavy atom. The lowest BCUT2D eigenvalue weighted by molar-refractivity contribution is -0.146. The first kappa shape index (κ1) is 16.8. The summed E-state index contributed by atoms with van der Waals surface area (Å²) < 4.78 is 1.61. The average Bonchev–Trinajstić information content (AvgIpc) is 3.23. The Labute approximate surface area is 140 Å². The topological polar surface area (TPSA) is 104 Å². The molecule has 9 nitrogen and oxygen atoms in total. The first-order valence-corrected chi connectivity index (χ1v) is 8.53. The van der Waals surface area contributed by atoms with Crippen molar-refractivity contribution < 1.29 is 14.7 Å². The Balaban J connectivity index is 1.52. The number of carbonyl (C=O) groups is 2. The highest BCUT2D eigenvalue weighted by atomic mass is 16.3. The minimum absolute atomic E-state index is 0.0123. The summed E-state index contributed by atoms with van der Waals surface area (Å²) in [4.78, 5) is 28.7. The third-order valence-electron chi connectivity index (χ3n) is 5.07. The summed E-state index contributed by atoms with van der Waals surface area (Å²) in [6.45, 7) is 2.85. The molecule has 9 heteroatoms. The zero-order valence-corrected chi connectivity index (χ0v) is 13.8. The molecule has 1 aromatic rings. The first-order valence-electron chi connectivity index (χ1n) is 8.53. The summed E-state index contributed by atoms with van der Waals surface area (Å²) in [5.74, 6) is 0.193. The number of likely N-dealkylation sites (tertiary alicyclic amines) is 2. The van der Waals surface area contributed by atoms with Crippen LogP contribution in [0.15, 0.2) is 6.33 Å². The molecule has 2 aliphatic rings. The van der Waals surface area contributed by atoms with Crippen molar-refractivity contribution in [2.24, 2.45) is 5.41 Å². The summed E-state index contributed by atoms with van der Waals surface area (Å²) in [7, 11) is 0. The van der Waals surface area contributed by atoms with Crippen molar-refractivity contribution in [2.45, 2.75) is 38.6 Å². The molecule has 2 saturated heterocycles. The molecule has 1 N–H and O–H groups in total. The average molecular weight is 336 g/mol. The van der Waals surface area contributed by atoms with E-state index in [0.717, 1.165) is 19.3 Å². The van der Waals surface area contributed by atoms with E-state index in [2.05, 4.69) is 15.5 Å².